The van der Waals surface area contributed by atoms with Crippen LogP contribution in [0.1, 0.15) is 41.6 Å². The van der Waals surface area contributed by atoms with E-state index in [1.807, 2.05) is 19.1 Å². The molecule has 116 valence electrons. The van der Waals surface area contributed by atoms with Gasteiger partial charge < -0.3 is 16.0 Å². The van der Waals surface area contributed by atoms with Crippen molar-refractivity contribution < 1.29 is 4.79 Å². The number of likely N-dealkylation sites (tertiary alicyclic amines) is 1. The predicted molar refractivity (Wildman–Crippen MR) is 90.5 cm³/mol. The zero-order chi connectivity index (χ0) is 15.2. The van der Waals surface area contributed by atoms with Crippen LogP contribution in [0.15, 0.2) is 16.6 Å². The average molecular weight is 354 g/mol. The molecule has 0 saturated carbocycles. The van der Waals surface area contributed by atoms with E-state index in [1.54, 1.807) is 0 Å². The van der Waals surface area contributed by atoms with Crippen LogP contribution in [0, 0.1) is 6.92 Å². The highest BCUT2D eigenvalue weighted by Gasteiger charge is 2.13. The van der Waals surface area contributed by atoms with E-state index in [1.165, 1.54) is 25.7 Å². The number of benzene rings is 1. The van der Waals surface area contributed by atoms with E-state index < -0.39 is 0 Å². The molecule has 0 atom stereocenters. The van der Waals surface area contributed by atoms with Gasteiger partial charge in [-0.25, -0.2) is 0 Å². The van der Waals surface area contributed by atoms with E-state index in [0.29, 0.717) is 17.8 Å². The fourth-order valence-corrected chi connectivity index (χ4v) is 3.19. The van der Waals surface area contributed by atoms with Gasteiger partial charge in [-0.15, -0.1) is 0 Å². The van der Waals surface area contributed by atoms with Gasteiger partial charge in [0.15, 0.2) is 0 Å². The molecule has 1 aromatic carbocycles. The Bertz CT molecular complexity index is 497. The molecule has 5 heteroatoms. The number of nitrogens with two attached hydrogens (primary N) is 1. The van der Waals surface area contributed by atoms with Crippen molar-refractivity contribution in [2.45, 2.75) is 32.6 Å². The normalized spacial score (nSPS) is 16.5. The van der Waals surface area contributed by atoms with Crippen molar-refractivity contribution in [3.05, 3.63) is 27.7 Å². The fraction of sp³-hybridized carbons (Fsp3) is 0.562. The Kier molecular flexibility index (Phi) is 6.06. The van der Waals surface area contributed by atoms with Crippen LogP contribution in [0.5, 0.6) is 0 Å². The van der Waals surface area contributed by atoms with Crippen molar-refractivity contribution in [3.63, 3.8) is 0 Å². The molecule has 0 aromatic heterocycles. The lowest BCUT2D eigenvalue weighted by Gasteiger charge is -2.20. The summed E-state index contributed by atoms with van der Waals surface area (Å²) in [6.45, 7) is 5.79. The highest BCUT2D eigenvalue weighted by Crippen LogP contribution is 2.22. The maximum absolute atomic E-state index is 12.3. The molecule has 1 saturated heterocycles. The summed E-state index contributed by atoms with van der Waals surface area (Å²) in [7, 11) is 0. The molecule has 0 unspecified atom stereocenters. The largest absolute Gasteiger partial charge is 0.398 e. The van der Waals surface area contributed by atoms with Gasteiger partial charge in [-0.2, -0.15) is 0 Å². The van der Waals surface area contributed by atoms with Crippen molar-refractivity contribution in [2.75, 3.05) is 31.9 Å². The molecule has 1 fully saturated rings. The van der Waals surface area contributed by atoms with E-state index in [0.717, 1.165) is 29.7 Å². The quantitative estimate of drug-likeness (QED) is 0.818. The molecule has 0 radical (unpaired) electrons. The molecular formula is C16H24BrN3O. The topological polar surface area (TPSA) is 58.4 Å². The van der Waals surface area contributed by atoms with Gasteiger partial charge in [0.05, 0.1) is 0 Å². The number of carbonyl (C=O) groups excluding carboxylic acids is 1. The second kappa shape index (κ2) is 7.80. The molecule has 0 bridgehead atoms. The van der Waals surface area contributed by atoms with Gasteiger partial charge in [0.2, 0.25) is 0 Å². The SMILES string of the molecule is Cc1c(N)cc(Br)cc1C(=O)NCCN1CCCCCC1. The maximum Gasteiger partial charge on any atom is 0.251 e. The third-order valence-electron chi connectivity index (χ3n) is 4.07. The first kappa shape index (κ1) is 16.3. The van der Waals surface area contributed by atoms with Gasteiger partial charge in [-0.3, -0.25) is 4.79 Å². The van der Waals surface area contributed by atoms with Gasteiger partial charge in [0.25, 0.3) is 5.91 Å². The summed E-state index contributed by atoms with van der Waals surface area (Å²) in [4.78, 5) is 14.7. The number of nitrogen functional groups attached to an aromatic ring is 1. The Morgan fingerprint density at radius 1 is 1.29 bits per heavy atom. The van der Waals surface area contributed by atoms with E-state index in [2.05, 4.69) is 26.1 Å². The van der Waals surface area contributed by atoms with Crippen molar-refractivity contribution in [2.24, 2.45) is 0 Å². The number of amides is 1. The Morgan fingerprint density at radius 2 is 1.95 bits per heavy atom. The molecule has 1 aromatic rings. The monoisotopic (exact) mass is 353 g/mol. The summed E-state index contributed by atoms with van der Waals surface area (Å²) in [5, 5.41) is 3.00. The van der Waals surface area contributed by atoms with Crippen LogP contribution in [0.3, 0.4) is 0 Å². The predicted octanol–water partition coefficient (Wildman–Crippen LogP) is 2.95. The van der Waals surface area contributed by atoms with Crippen LogP contribution in [0.25, 0.3) is 0 Å². The lowest BCUT2D eigenvalue weighted by molar-refractivity contribution is 0.0948. The van der Waals surface area contributed by atoms with Crippen LogP contribution in [0.2, 0.25) is 0 Å². The van der Waals surface area contributed by atoms with Crippen LogP contribution >= 0.6 is 15.9 Å². The first-order chi connectivity index (χ1) is 10.1. The standard InChI is InChI=1S/C16H24BrN3O/c1-12-14(10-13(17)11-15(12)18)16(21)19-6-9-20-7-4-2-3-5-8-20/h10-11H,2-9,18H2,1H3,(H,19,21). The lowest BCUT2D eigenvalue weighted by Crippen LogP contribution is -2.35. The zero-order valence-corrected chi connectivity index (χ0v) is 14.2. The molecule has 4 nitrogen and oxygen atoms in total. The van der Waals surface area contributed by atoms with E-state index in [9.17, 15) is 4.79 Å². The molecular weight excluding hydrogens is 330 g/mol. The average Bonchev–Trinajstić information content (AvgIpc) is 2.71. The minimum absolute atomic E-state index is 0.0460. The molecule has 1 amide bonds. The van der Waals surface area contributed by atoms with Gasteiger partial charge in [0, 0.05) is 28.8 Å². The maximum atomic E-state index is 12.3. The van der Waals surface area contributed by atoms with E-state index in [-0.39, 0.29) is 5.91 Å². The highest BCUT2D eigenvalue weighted by atomic mass is 79.9. The highest BCUT2D eigenvalue weighted by molar-refractivity contribution is 9.10. The van der Waals surface area contributed by atoms with Crippen LogP contribution in [0.4, 0.5) is 5.69 Å². The van der Waals surface area contributed by atoms with Gasteiger partial charge in [-0.05, 0) is 50.6 Å². The number of hydrogen-bond donors (Lipinski definition) is 2. The number of nitrogens with one attached hydrogen (secondary N) is 1. The number of rotatable bonds is 4. The van der Waals surface area contributed by atoms with Crippen molar-refractivity contribution in [3.8, 4) is 0 Å². The number of carbonyl (C=O) groups is 1. The van der Waals surface area contributed by atoms with Gasteiger partial charge in [-0.1, -0.05) is 28.8 Å². The van der Waals surface area contributed by atoms with E-state index >= 15 is 0 Å². The summed E-state index contributed by atoms with van der Waals surface area (Å²) in [6, 6.07) is 3.65. The molecule has 3 N–H and O–H groups in total. The number of nitrogens with zero attached hydrogens (tertiary/aromatic N) is 1. The van der Waals surface area contributed by atoms with Gasteiger partial charge >= 0.3 is 0 Å². The fourth-order valence-electron chi connectivity index (χ4n) is 2.72. The van der Waals surface area contributed by atoms with Crippen molar-refractivity contribution in [1.82, 2.24) is 10.2 Å². The Labute approximate surface area is 135 Å². The number of anilines is 1. The molecule has 1 heterocycles. The van der Waals surface area contributed by atoms with Crippen LogP contribution in [-0.2, 0) is 0 Å². The Balaban J connectivity index is 1.87. The summed E-state index contributed by atoms with van der Waals surface area (Å²) >= 11 is 3.39. The summed E-state index contributed by atoms with van der Waals surface area (Å²) in [5.41, 5.74) is 8.03. The molecule has 1 aliphatic rings. The van der Waals surface area contributed by atoms with E-state index in [4.69, 9.17) is 5.73 Å². The second-order valence-corrected chi connectivity index (χ2v) is 6.60. The van der Waals surface area contributed by atoms with Crippen molar-refractivity contribution >= 4 is 27.5 Å². The summed E-state index contributed by atoms with van der Waals surface area (Å²) in [5.74, 6) is -0.0460. The second-order valence-electron chi connectivity index (χ2n) is 5.68. The Hall–Kier alpha value is -1.07. The molecule has 2 rings (SSSR count). The Morgan fingerprint density at radius 3 is 2.62 bits per heavy atom. The van der Waals surface area contributed by atoms with Gasteiger partial charge in [0.1, 0.15) is 0 Å². The number of hydrogen-bond acceptors (Lipinski definition) is 3. The summed E-state index contributed by atoms with van der Waals surface area (Å²) < 4.78 is 0.836. The van der Waals surface area contributed by atoms with Crippen LogP contribution in [-0.4, -0.2) is 37.0 Å². The first-order valence-electron chi connectivity index (χ1n) is 7.64. The number of halogens is 1. The zero-order valence-electron chi connectivity index (χ0n) is 12.6. The summed E-state index contributed by atoms with van der Waals surface area (Å²) in [6.07, 6.45) is 5.21. The smallest absolute Gasteiger partial charge is 0.251 e. The molecule has 0 aliphatic carbocycles. The minimum Gasteiger partial charge on any atom is -0.398 e. The van der Waals surface area contributed by atoms with Crippen LogP contribution < -0.4 is 11.1 Å². The third-order valence-corrected chi connectivity index (χ3v) is 4.53. The minimum atomic E-state index is -0.0460. The molecule has 0 spiro atoms. The first-order valence-corrected chi connectivity index (χ1v) is 8.43. The molecule has 1 aliphatic heterocycles. The lowest BCUT2D eigenvalue weighted by atomic mass is 10.1. The molecule has 21 heavy (non-hydrogen) atoms. The van der Waals surface area contributed by atoms with Crippen molar-refractivity contribution in [1.29, 1.82) is 0 Å². The third kappa shape index (κ3) is 4.71.